The number of aromatic nitrogens is 2. The second-order valence-corrected chi connectivity index (χ2v) is 9.07. The number of aliphatic hydroxyl groups is 1. The van der Waals surface area contributed by atoms with Gasteiger partial charge in [0.25, 0.3) is 5.56 Å². The van der Waals surface area contributed by atoms with Crippen molar-refractivity contribution >= 4 is 13.7 Å². The minimum Gasteiger partial charge on any atom is -0.465 e. The van der Waals surface area contributed by atoms with Crippen LogP contribution in [0.25, 0.3) is 0 Å². The number of hydrogen-bond donors (Lipinski definition) is 3. The highest BCUT2D eigenvalue weighted by Crippen LogP contribution is 2.45. The Morgan fingerprint density at radius 2 is 2.09 bits per heavy atom. The summed E-state index contributed by atoms with van der Waals surface area (Å²) in [6.45, 7) is 2.68. The third kappa shape index (κ3) is 6.39. The molecule has 34 heavy (non-hydrogen) atoms. The molecule has 2 aromatic rings. The number of para-hydroxylation sites is 1. The quantitative estimate of drug-likeness (QED) is 0.318. The van der Waals surface area contributed by atoms with E-state index >= 15 is 0 Å². The molecule has 0 bridgehead atoms. The van der Waals surface area contributed by atoms with Crippen LogP contribution in [-0.4, -0.2) is 52.1 Å². The molecule has 2 heterocycles. The molecule has 0 saturated carbocycles. The average molecular weight is 501 g/mol. The first-order valence-electron chi connectivity index (χ1n) is 10.4. The van der Waals surface area contributed by atoms with Crippen LogP contribution in [0.15, 0.2) is 46.1 Å². The van der Waals surface area contributed by atoms with Gasteiger partial charge in [-0.3, -0.25) is 23.7 Å². The molecule has 186 valence electrons. The molecular formula is C20H25FN3O9P. The van der Waals surface area contributed by atoms with Crippen LogP contribution < -0.4 is 20.9 Å². The van der Waals surface area contributed by atoms with E-state index in [0.717, 1.165) is 4.57 Å². The van der Waals surface area contributed by atoms with Crippen molar-refractivity contribution in [2.75, 3.05) is 13.2 Å². The molecule has 1 saturated heterocycles. The maximum Gasteiger partial charge on any atom is 0.459 e. The van der Waals surface area contributed by atoms with Crippen LogP contribution in [0.4, 0.5) is 4.39 Å². The van der Waals surface area contributed by atoms with Gasteiger partial charge in [-0.2, -0.15) is 9.48 Å². The summed E-state index contributed by atoms with van der Waals surface area (Å²) in [5.74, 6) is -1.69. The lowest BCUT2D eigenvalue weighted by Gasteiger charge is -2.24. The van der Waals surface area contributed by atoms with Crippen LogP contribution in [0.5, 0.6) is 5.75 Å². The van der Waals surface area contributed by atoms with Gasteiger partial charge in [0.1, 0.15) is 24.1 Å². The number of nitrogens with zero attached hydrogens (tertiary/aromatic N) is 1. The van der Waals surface area contributed by atoms with Crippen molar-refractivity contribution in [1.82, 2.24) is 14.6 Å². The minimum absolute atomic E-state index is 0.115. The largest absolute Gasteiger partial charge is 0.465 e. The number of rotatable bonds is 10. The van der Waals surface area contributed by atoms with Crippen LogP contribution in [0.1, 0.15) is 26.5 Å². The van der Waals surface area contributed by atoms with Crippen molar-refractivity contribution in [3.05, 3.63) is 63.2 Å². The second kappa shape index (κ2) is 11.1. The molecule has 0 spiro atoms. The number of benzene rings is 1. The molecule has 1 fully saturated rings. The fraction of sp³-hybridized carbons (Fsp3) is 0.450. The van der Waals surface area contributed by atoms with E-state index in [2.05, 4.69) is 5.09 Å². The van der Waals surface area contributed by atoms with Gasteiger partial charge in [-0.15, -0.1) is 0 Å². The Balaban J connectivity index is 1.73. The zero-order valence-electron chi connectivity index (χ0n) is 18.4. The highest BCUT2D eigenvalue weighted by Gasteiger charge is 2.39. The normalized spacial score (nSPS) is 22.6. The SMILES string of the molecule is CCOC(=O)[C@H](C)NP(=O)(OCC1O[C@@H](n2cc(F)c(=O)[nH]c2=O)C[C@H]1O)Oc1ccccc1. The summed E-state index contributed by atoms with van der Waals surface area (Å²) < 4.78 is 49.2. The fourth-order valence-corrected chi connectivity index (χ4v) is 4.65. The third-order valence-corrected chi connectivity index (χ3v) is 6.45. The predicted molar refractivity (Wildman–Crippen MR) is 116 cm³/mol. The summed E-state index contributed by atoms with van der Waals surface area (Å²) in [6.07, 6.45) is -2.83. The molecule has 0 radical (unpaired) electrons. The van der Waals surface area contributed by atoms with E-state index in [9.17, 15) is 28.4 Å². The molecular weight excluding hydrogens is 476 g/mol. The first kappa shape index (κ1) is 25.8. The van der Waals surface area contributed by atoms with Gasteiger partial charge in [-0.25, -0.2) is 9.36 Å². The maximum absolute atomic E-state index is 13.6. The van der Waals surface area contributed by atoms with Gasteiger partial charge in [-0.1, -0.05) is 18.2 Å². The molecule has 0 amide bonds. The van der Waals surface area contributed by atoms with Crippen LogP contribution in [-0.2, 0) is 23.4 Å². The van der Waals surface area contributed by atoms with E-state index < -0.39 is 61.9 Å². The highest BCUT2D eigenvalue weighted by atomic mass is 31.2. The van der Waals surface area contributed by atoms with Crippen LogP contribution >= 0.6 is 7.75 Å². The van der Waals surface area contributed by atoms with E-state index in [4.69, 9.17) is 18.5 Å². The second-order valence-electron chi connectivity index (χ2n) is 7.38. The number of H-pyrrole nitrogens is 1. The Hall–Kier alpha value is -2.83. The number of aliphatic hydroxyl groups excluding tert-OH is 1. The number of hydrogen-bond acceptors (Lipinski definition) is 9. The summed E-state index contributed by atoms with van der Waals surface area (Å²) in [4.78, 5) is 37.0. The van der Waals surface area contributed by atoms with Crippen molar-refractivity contribution < 1.29 is 37.4 Å². The topological polar surface area (TPSA) is 158 Å². The number of esters is 1. The number of carbonyl (C=O) groups is 1. The van der Waals surface area contributed by atoms with Gasteiger partial charge >= 0.3 is 19.4 Å². The lowest BCUT2D eigenvalue weighted by molar-refractivity contribution is -0.144. The van der Waals surface area contributed by atoms with Crippen molar-refractivity contribution in [2.24, 2.45) is 0 Å². The first-order chi connectivity index (χ1) is 16.1. The van der Waals surface area contributed by atoms with E-state index in [1.807, 2.05) is 0 Å². The molecule has 3 N–H and O–H groups in total. The van der Waals surface area contributed by atoms with Crippen LogP contribution in [0.3, 0.4) is 0 Å². The summed E-state index contributed by atoms with van der Waals surface area (Å²) in [5.41, 5.74) is -2.10. The number of aromatic amines is 1. The van der Waals surface area contributed by atoms with Gasteiger partial charge in [0.05, 0.1) is 25.5 Å². The number of nitrogens with one attached hydrogen (secondary N) is 2. The number of carbonyl (C=O) groups excluding carboxylic acids is 1. The van der Waals surface area contributed by atoms with Crippen LogP contribution in [0, 0.1) is 5.82 Å². The molecule has 1 aliphatic rings. The van der Waals surface area contributed by atoms with Crippen LogP contribution in [0.2, 0.25) is 0 Å². The Bertz CT molecular complexity index is 1160. The molecule has 1 aliphatic heterocycles. The van der Waals surface area contributed by atoms with E-state index in [1.54, 1.807) is 30.1 Å². The number of halogens is 1. The standard InChI is InChI=1S/C20H25FN3O9P/c1-3-30-19(27)12(2)23-34(29,33-13-7-5-4-6-8-13)31-11-16-15(25)9-17(32-16)24-10-14(21)18(26)22-20(24)28/h4-8,10,12,15-17,25H,3,9,11H2,1-2H3,(H,23,29)(H,22,26,28)/t12-,15+,16?,17+,34?/m0/s1. The Labute approximate surface area is 193 Å². The molecule has 1 aromatic carbocycles. The molecule has 1 aromatic heterocycles. The molecule has 0 aliphatic carbocycles. The fourth-order valence-electron chi connectivity index (χ4n) is 3.15. The highest BCUT2D eigenvalue weighted by molar-refractivity contribution is 7.52. The summed E-state index contributed by atoms with van der Waals surface area (Å²) in [6, 6.07) is 7.01. The molecule has 14 heteroatoms. The Morgan fingerprint density at radius 1 is 1.38 bits per heavy atom. The van der Waals surface area contributed by atoms with Gasteiger partial charge in [0, 0.05) is 6.42 Å². The Kier molecular flexibility index (Phi) is 8.39. The summed E-state index contributed by atoms with van der Waals surface area (Å²) in [5, 5.41) is 12.8. The van der Waals surface area contributed by atoms with E-state index in [-0.39, 0.29) is 18.8 Å². The van der Waals surface area contributed by atoms with Gasteiger partial charge in [-0.05, 0) is 26.0 Å². The smallest absolute Gasteiger partial charge is 0.459 e. The molecule has 5 atom stereocenters. The van der Waals surface area contributed by atoms with E-state index in [0.29, 0.717) is 6.20 Å². The summed E-state index contributed by atoms with van der Waals surface area (Å²) >= 11 is 0. The van der Waals surface area contributed by atoms with Crippen molar-refractivity contribution in [3.63, 3.8) is 0 Å². The van der Waals surface area contributed by atoms with Crippen molar-refractivity contribution in [2.45, 2.75) is 44.7 Å². The average Bonchev–Trinajstić information content (AvgIpc) is 3.16. The van der Waals surface area contributed by atoms with Gasteiger partial charge in [0.15, 0.2) is 0 Å². The molecule has 2 unspecified atom stereocenters. The van der Waals surface area contributed by atoms with Gasteiger partial charge in [0.2, 0.25) is 5.82 Å². The Morgan fingerprint density at radius 3 is 2.76 bits per heavy atom. The van der Waals surface area contributed by atoms with Gasteiger partial charge < -0.3 is 19.1 Å². The predicted octanol–water partition coefficient (Wildman–Crippen LogP) is 1.07. The molecule has 3 rings (SSSR count). The first-order valence-corrected chi connectivity index (χ1v) is 11.9. The van der Waals surface area contributed by atoms with E-state index in [1.165, 1.54) is 19.1 Å². The number of ether oxygens (including phenoxy) is 2. The lowest BCUT2D eigenvalue weighted by atomic mass is 10.2. The zero-order valence-corrected chi connectivity index (χ0v) is 19.3. The monoisotopic (exact) mass is 501 g/mol. The maximum atomic E-state index is 13.6. The third-order valence-electron chi connectivity index (χ3n) is 4.81. The van der Waals surface area contributed by atoms with Crippen molar-refractivity contribution in [3.8, 4) is 5.75 Å². The lowest BCUT2D eigenvalue weighted by Crippen LogP contribution is -2.36. The zero-order chi connectivity index (χ0) is 24.9. The minimum atomic E-state index is -4.19. The van der Waals surface area contributed by atoms with Crippen molar-refractivity contribution in [1.29, 1.82) is 0 Å². The molecule has 12 nitrogen and oxygen atoms in total. The summed E-state index contributed by atoms with van der Waals surface area (Å²) in [7, 11) is -4.19.